The van der Waals surface area contributed by atoms with Crippen LogP contribution in [-0.4, -0.2) is 17.3 Å². The lowest BCUT2D eigenvalue weighted by atomic mass is 10.3. The molecule has 0 unspecified atom stereocenters. The molecule has 1 N–H and O–H groups in total. The van der Waals surface area contributed by atoms with E-state index in [1.165, 1.54) is 0 Å². The minimum atomic E-state index is -4.19. The fourth-order valence-corrected chi connectivity index (χ4v) is 2.74. The van der Waals surface area contributed by atoms with E-state index in [-0.39, 0.29) is 5.03 Å². The van der Waals surface area contributed by atoms with E-state index < -0.39 is 10.1 Å². The molecule has 0 saturated carbocycles. The Hall–Kier alpha value is -0.980. The van der Waals surface area contributed by atoms with Crippen LogP contribution in [0.25, 0.3) is 10.1 Å². The summed E-state index contributed by atoms with van der Waals surface area (Å²) in [6.07, 6.45) is 0. The van der Waals surface area contributed by atoms with E-state index >= 15 is 0 Å². The van der Waals surface area contributed by atoms with Crippen molar-refractivity contribution >= 4 is 31.7 Å². The molecule has 0 aliphatic heterocycles. The lowest BCUT2D eigenvalue weighted by Gasteiger charge is -1.90. The predicted molar refractivity (Wildman–Crippen MR) is 49.4 cm³/mol. The molecule has 0 saturated heterocycles. The van der Waals surface area contributed by atoms with Crippen molar-refractivity contribution in [2.45, 2.75) is 5.03 Å². The van der Waals surface area contributed by atoms with E-state index in [4.69, 9.17) is 4.55 Å². The van der Waals surface area contributed by atoms with Crippen molar-refractivity contribution in [3.8, 4) is 0 Å². The summed E-state index contributed by atoms with van der Waals surface area (Å²) in [6.45, 7) is 0. The van der Waals surface area contributed by atoms with Gasteiger partial charge in [0.1, 0.15) is 0 Å². The number of rotatable bonds is 1. The van der Waals surface area contributed by atoms with Crippen LogP contribution in [-0.2, 0) is 10.1 Å². The summed E-state index contributed by atoms with van der Waals surface area (Å²) in [5, 5.41) is 0.211. The van der Waals surface area contributed by atoms with Crippen LogP contribution < -0.4 is 0 Å². The molecule has 6 heteroatoms. The van der Waals surface area contributed by atoms with Gasteiger partial charge in [0, 0.05) is 5.39 Å². The van der Waals surface area contributed by atoms with Crippen molar-refractivity contribution in [1.29, 1.82) is 0 Å². The van der Waals surface area contributed by atoms with Gasteiger partial charge in [-0.05, 0) is 17.6 Å². The van der Waals surface area contributed by atoms with Crippen LogP contribution in [0.5, 0.6) is 0 Å². The van der Waals surface area contributed by atoms with Gasteiger partial charge in [-0.3, -0.25) is 4.55 Å². The Bertz CT molecular complexity index is 544. The quantitative estimate of drug-likeness (QED) is 0.733. The van der Waals surface area contributed by atoms with Crippen LogP contribution in [0.1, 0.15) is 0 Å². The van der Waals surface area contributed by atoms with Crippen LogP contribution in [0.3, 0.4) is 0 Å². The number of aromatic nitrogens is 1. The first kappa shape index (κ1) is 8.61. The third-order valence-corrected chi connectivity index (χ3v) is 3.33. The molecule has 0 amide bonds. The van der Waals surface area contributed by atoms with Gasteiger partial charge in [0.15, 0.2) is 0 Å². The molecule has 4 nitrogen and oxygen atoms in total. The molecule has 0 bridgehead atoms. The largest absolute Gasteiger partial charge is 0.313 e. The molecular weight excluding hydrogens is 210 g/mol. The molecule has 2 aromatic rings. The molecule has 1 heterocycles. The zero-order valence-corrected chi connectivity index (χ0v) is 7.97. The highest BCUT2D eigenvalue weighted by atomic mass is 32.2. The molecule has 0 radical (unpaired) electrons. The summed E-state index contributed by atoms with van der Waals surface area (Å²) >= 11 is 1.05. The summed E-state index contributed by atoms with van der Waals surface area (Å²) in [6, 6.07) is 6.85. The molecule has 0 aliphatic carbocycles. The van der Waals surface area contributed by atoms with E-state index in [9.17, 15) is 8.42 Å². The number of fused-ring (bicyclic) bond motifs is 1. The van der Waals surface area contributed by atoms with Gasteiger partial charge in [-0.25, -0.2) is 0 Å². The fraction of sp³-hybridized carbons (Fsp3) is 0. The Kier molecular flexibility index (Phi) is 1.83. The topological polar surface area (TPSA) is 67.3 Å². The monoisotopic (exact) mass is 215 g/mol. The first-order valence-electron chi connectivity index (χ1n) is 3.41. The Labute approximate surface area is 78.7 Å². The standard InChI is InChI=1S/C7H5NO3S2/c9-13(10,11)7-5-3-1-2-4-6(5)12-8-7/h1-4H,(H,9,10,11). The van der Waals surface area contributed by atoms with Crippen LogP contribution >= 0.6 is 11.5 Å². The maximum Gasteiger partial charge on any atom is 0.313 e. The van der Waals surface area contributed by atoms with Gasteiger partial charge in [0.25, 0.3) is 0 Å². The van der Waals surface area contributed by atoms with Crippen molar-refractivity contribution < 1.29 is 13.0 Å². The van der Waals surface area contributed by atoms with Crippen LogP contribution in [0, 0.1) is 0 Å². The SMILES string of the molecule is O=S(=O)(O)c1nsc2ccccc12. The number of nitrogens with zero attached hydrogens (tertiary/aromatic N) is 1. The molecule has 13 heavy (non-hydrogen) atoms. The average Bonchev–Trinajstić information content (AvgIpc) is 2.45. The summed E-state index contributed by atoms with van der Waals surface area (Å²) < 4.78 is 34.8. The highest BCUT2D eigenvalue weighted by molar-refractivity contribution is 7.86. The Balaban J connectivity index is 2.87. The lowest BCUT2D eigenvalue weighted by molar-refractivity contribution is 0.481. The van der Waals surface area contributed by atoms with Crippen molar-refractivity contribution in [3.05, 3.63) is 24.3 Å². The summed E-state index contributed by atoms with van der Waals surface area (Å²) in [5.41, 5.74) is 0. The second kappa shape index (κ2) is 2.76. The fourth-order valence-electron chi connectivity index (χ4n) is 1.05. The van der Waals surface area contributed by atoms with E-state index in [1.807, 2.05) is 0 Å². The maximum atomic E-state index is 10.8. The third-order valence-electron chi connectivity index (χ3n) is 1.59. The van der Waals surface area contributed by atoms with Crippen LogP contribution in [0.2, 0.25) is 0 Å². The van der Waals surface area contributed by atoms with E-state index in [2.05, 4.69) is 4.37 Å². The second-order valence-electron chi connectivity index (χ2n) is 2.46. The normalized spacial score (nSPS) is 12.1. The lowest BCUT2D eigenvalue weighted by Crippen LogP contribution is -1.97. The highest BCUT2D eigenvalue weighted by Crippen LogP contribution is 2.25. The Morgan fingerprint density at radius 3 is 2.69 bits per heavy atom. The molecule has 0 atom stereocenters. The summed E-state index contributed by atoms with van der Waals surface area (Å²) in [4.78, 5) is 0. The zero-order valence-electron chi connectivity index (χ0n) is 6.34. The minimum absolute atomic E-state index is 0.256. The maximum absolute atomic E-state index is 10.8. The molecule has 1 aromatic carbocycles. The van der Waals surface area contributed by atoms with Crippen LogP contribution in [0.4, 0.5) is 0 Å². The number of hydrogen-bond acceptors (Lipinski definition) is 4. The first-order chi connectivity index (χ1) is 6.09. The van der Waals surface area contributed by atoms with Gasteiger partial charge < -0.3 is 0 Å². The molecular formula is C7H5NO3S2. The molecule has 68 valence electrons. The smallest absolute Gasteiger partial charge is 0.281 e. The third kappa shape index (κ3) is 1.43. The Morgan fingerprint density at radius 1 is 1.31 bits per heavy atom. The molecule has 2 rings (SSSR count). The summed E-state index contributed by atoms with van der Waals surface area (Å²) in [5.74, 6) is 0. The molecule has 0 spiro atoms. The molecule has 0 fully saturated rings. The number of hydrogen-bond donors (Lipinski definition) is 1. The first-order valence-corrected chi connectivity index (χ1v) is 5.62. The van der Waals surface area contributed by atoms with E-state index in [0.717, 1.165) is 16.2 Å². The van der Waals surface area contributed by atoms with Gasteiger partial charge >= 0.3 is 10.1 Å². The predicted octanol–water partition coefficient (Wildman–Crippen LogP) is 1.54. The average molecular weight is 215 g/mol. The van der Waals surface area contributed by atoms with Gasteiger partial charge in [-0.15, -0.1) is 0 Å². The van der Waals surface area contributed by atoms with Crippen molar-refractivity contribution in [1.82, 2.24) is 4.37 Å². The molecule has 0 aliphatic rings. The highest BCUT2D eigenvalue weighted by Gasteiger charge is 2.17. The minimum Gasteiger partial charge on any atom is -0.281 e. The van der Waals surface area contributed by atoms with Gasteiger partial charge in [-0.2, -0.15) is 12.8 Å². The zero-order chi connectivity index (χ0) is 9.47. The van der Waals surface area contributed by atoms with E-state index in [0.29, 0.717) is 5.39 Å². The summed E-state index contributed by atoms with van der Waals surface area (Å²) in [7, 11) is -4.19. The molecule has 1 aromatic heterocycles. The van der Waals surface area contributed by atoms with Gasteiger partial charge in [0.2, 0.25) is 5.03 Å². The van der Waals surface area contributed by atoms with Gasteiger partial charge in [0.05, 0.1) is 4.70 Å². The number of benzene rings is 1. The van der Waals surface area contributed by atoms with E-state index in [1.54, 1.807) is 24.3 Å². The van der Waals surface area contributed by atoms with Crippen molar-refractivity contribution in [2.24, 2.45) is 0 Å². The van der Waals surface area contributed by atoms with Gasteiger partial charge in [-0.1, -0.05) is 18.2 Å². The van der Waals surface area contributed by atoms with Crippen LogP contribution in [0.15, 0.2) is 29.3 Å². The van der Waals surface area contributed by atoms with Crippen molar-refractivity contribution in [3.63, 3.8) is 0 Å². The second-order valence-corrected chi connectivity index (χ2v) is 4.60. The Morgan fingerprint density at radius 2 is 2.00 bits per heavy atom. The van der Waals surface area contributed by atoms with Crippen molar-refractivity contribution in [2.75, 3.05) is 0 Å².